The molecule has 1 aromatic heterocycles. The molecular weight excluding hydrogens is 546 g/mol. The molecule has 2 aliphatic rings. The summed E-state index contributed by atoms with van der Waals surface area (Å²) in [5, 5.41) is 2.74. The average molecular weight is 572 g/mol. The molecule has 2 N–H and O–H groups in total. The second-order valence-corrected chi connectivity index (χ2v) is 12.0. The van der Waals surface area contributed by atoms with Crippen molar-refractivity contribution in [2.75, 3.05) is 16.8 Å². The fourth-order valence-corrected chi connectivity index (χ4v) is 7.62. The van der Waals surface area contributed by atoms with E-state index < -0.39 is 17.1 Å². The zero-order chi connectivity index (χ0) is 28.0. The maximum absolute atomic E-state index is 13.9. The van der Waals surface area contributed by atoms with Crippen molar-refractivity contribution in [3.8, 4) is 5.75 Å². The zero-order valence-corrected chi connectivity index (χ0v) is 23.3. The lowest BCUT2D eigenvalue weighted by atomic mass is 9.83. The number of thiazole rings is 1. The van der Waals surface area contributed by atoms with Crippen LogP contribution in [0.1, 0.15) is 27.5 Å². The summed E-state index contributed by atoms with van der Waals surface area (Å²) in [6.45, 7) is 3.71. The molecule has 3 aromatic carbocycles. The third-order valence-electron chi connectivity index (χ3n) is 7.04. The van der Waals surface area contributed by atoms with E-state index in [1.807, 2.05) is 56.3 Å². The second-order valence-electron chi connectivity index (χ2n) is 9.87. The molecule has 0 radical (unpaired) electrons. The van der Waals surface area contributed by atoms with E-state index in [2.05, 4.69) is 10.3 Å². The number of H-pyrrole nitrogens is 1. The SMILES string of the molecule is Cc1ccc(NC(=O)COc2cccc([C@@H]3c4sc(=O)[nH]c4S[C@H]4C(=O)N(c5ccc(C)cc5)C(=O)[C@@H]34)c2)cc1. The molecule has 1 fully saturated rings. The number of benzene rings is 3. The molecule has 2 aliphatic heterocycles. The molecule has 0 saturated carbocycles. The van der Waals surface area contributed by atoms with E-state index in [9.17, 15) is 19.2 Å². The smallest absolute Gasteiger partial charge is 0.305 e. The summed E-state index contributed by atoms with van der Waals surface area (Å²) in [5.41, 5.74) is 4.06. The third-order valence-corrected chi connectivity index (χ3v) is 9.44. The summed E-state index contributed by atoms with van der Waals surface area (Å²) in [7, 11) is 0. The Hall–Kier alpha value is -4.15. The lowest BCUT2D eigenvalue weighted by Gasteiger charge is -2.30. The van der Waals surface area contributed by atoms with Crippen molar-refractivity contribution in [1.82, 2.24) is 4.98 Å². The monoisotopic (exact) mass is 571 g/mol. The van der Waals surface area contributed by atoms with Crippen molar-refractivity contribution in [1.29, 1.82) is 0 Å². The number of amides is 3. The van der Waals surface area contributed by atoms with Gasteiger partial charge in [-0.3, -0.25) is 19.2 Å². The maximum Gasteiger partial charge on any atom is 0.305 e. The highest BCUT2D eigenvalue weighted by Crippen LogP contribution is 2.53. The number of nitrogens with zero attached hydrogens (tertiary/aromatic N) is 1. The predicted octanol–water partition coefficient (Wildman–Crippen LogP) is 4.87. The van der Waals surface area contributed by atoms with Gasteiger partial charge in [0, 0.05) is 16.5 Å². The minimum atomic E-state index is -0.696. The Bertz CT molecular complexity index is 1680. The number of thioether (sulfide) groups is 1. The number of imide groups is 1. The largest absolute Gasteiger partial charge is 0.484 e. The van der Waals surface area contributed by atoms with Crippen LogP contribution in [0.2, 0.25) is 0 Å². The van der Waals surface area contributed by atoms with Crippen LogP contribution in [0.25, 0.3) is 0 Å². The van der Waals surface area contributed by atoms with Gasteiger partial charge in [0.15, 0.2) is 6.61 Å². The Kier molecular flexibility index (Phi) is 6.81. The fourth-order valence-electron chi connectivity index (χ4n) is 5.11. The quantitative estimate of drug-likeness (QED) is 0.320. The predicted molar refractivity (Wildman–Crippen MR) is 155 cm³/mol. The lowest BCUT2D eigenvalue weighted by molar-refractivity contribution is -0.122. The van der Waals surface area contributed by atoms with Crippen LogP contribution in [0.5, 0.6) is 5.75 Å². The van der Waals surface area contributed by atoms with E-state index in [0.29, 0.717) is 22.2 Å². The first kappa shape index (κ1) is 26.1. The number of anilines is 2. The normalized spacial score (nSPS) is 19.8. The van der Waals surface area contributed by atoms with Gasteiger partial charge in [0.1, 0.15) is 11.0 Å². The molecule has 0 bridgehead atoms. The first-order chi connectivity index (χ1) is 19.3. The van der Waals surface area contributed by atoms with Crippen LogP contribution >= 0.6 is 23.1 Å². The van der Waals surface area contributed by atoms with Crippen LogP contribution < -0.4 is 19.8 Å². The van der Waals surface area contributed by atoms with Crippen LogP contribution in [0, 0.1) is 19.8 Å². The maximum atomic E-state index is 13.9. The topological polar surface area (TPSA) is 109 Å². The van der Waals surface area contributed by atoms with Crippen molar-refractivity contribution in [2.45, 2.75) is 30.0 Å². The molecule has 6 rings (SSSR count). The van der Waals surface area contributed by atoms with Gasteiger partial charge in [0.05, 0.1) is 16.6 Å². The van der Waals surface area contributed by atoms with Crippen LogP contribution in [-0.4, -0.2) is 34.6 Å². The summed E-state index contributed by atoms with van der Waals surface area (Å²) >= 11 is 2.29. The van der Waals surface area contributed by atoms with Gasteiger partial charge in [-0.25, -0.2) is 4.90 Å². The summed E-state index contributed by atoms with van der Waals surface area (Å²) in [4.78, 5) is 56.8. The Morgan fingerprint density at radius 3 is 2.38 bits per heavy atom. The van der Waals surface area contributed by atoms with Gasteiger partial charge in [-0.15, -0.1) is 0 Å². The molecule has 0 aliphatic carbocycles. The molecule has 3 amide bonds. The molecule has 0 unspecified atom stereocenters. The van der Waals surface area contributed by atoms with Gasteiger partial charge < -0.3 is 15.0 Å². The number of hydrogen-bond donors (Lipinski definition) is 2. The molecule has 1 saturated heterocycles. The Morgan fingerprint density at radius 1 is 0.950 bits per heavy atom. The van der Waals surface area contributed by atoms with Crippen molar-refractivity contribution in [3.05, 3.63) is 104 Å². The van der Waals surface area contributed by atoms with E-state index in [-0.39, 0.29) is 29.2 Å². The third kappa shape index (κ3) is 4.84. The number of carbonyl (C=O) groups is 3. The number of ether oxygens (including phenoxy) is 1. The highest BCUT2D eigenvalue weighted by molar-refractivity contribution is 8.00. The van der Waals surface area contributed by atoms with Gasteiger partial charge in [0.2, 0.25) is 11.8 Å². The summed E-state index contributed by atoms with van der Waals surface area (Å²) in [5.74, 6) is -1.68. The number of carbonyl (C=O) groups excluding carboxylic acids is 3. The van der Waals surface area contributed by atoms with E-state index in [4.69, 9.17) is 4.74 Å². The van der Waals surface area contributed by atoms with Crippen molar-refractivity contribution >= 4 is 52.2 Å². The van der Waals surface area contributed by atoms with Gasteiger partial charge in [-0.2, -0.15) is 0 Å². The average Bonchev–Trinajstić information content (AvgIpc) is 3.43. The van der Waals surface area contributed by atoms with Crippen molar-refractivity contribution in [3.63, 3.8) is 0 Å². The minimum absolute atomic E-state index is 0.203. The number of hydrogen-bond acceptors (Lipinski definition) is 7. The van der Waals surface area contributed by atoms with E-state index in [0.717, 1.165) is 32.9 Å². The van der Waals surface area contributed by atoms with Crippen LogP contribution in [-0.2, 0) is 14.4 Å². The standard InChI is InChI=1S/C30H25N3O5S2/c1-16-6-10-19(11-7-16)31-22(34)15-38-21-5-3-4-18(14-21)23-24-26(39-27-25(23)40-30(37)32-27)29(36)33(28(24)35)20-12-8-17(2)9-13-20/h3-14,23-24,26H,15H2,1-2H3,(H,31,34)(H,32,37)/t23-,24-,26+/m0/s1. The molecule has 202 valence electrons. The summed E-state index contributed by atoms with van der Waals surface area (Å²) in [6, 6.07) is 21.9. The zero-order valence-electron chi connectivity index (χ0n) is 21.7. The van der Waals surface area contributed by atoms with Gasteiger partial charge in [-0.05, 0) is 55.8 Å². The highest BCUT2D eigenvalue weighted by atomic mass is 32.2. The van der Waals surface area contributed by atoms with Gasteiger partial charge >= 0.3 is 4.87 Å². The van der Waals surface area contributed by atoms with Crippen LogP contribution in [0.4, 0.5) is 11.4 Å². The number of aromatic amines is 1. The van der Waals surface area contributed by atoms with E-state index in [1.165, 1.54) is 16.7 Å². The van der Waals surface area contributed by atoms with Gasteiger partial charge in [-0.1, -0.05) is 70.6 Å². The molecule has 0 spiro atoms. The van der Waals surface area contributed by atoms with Crippen LogP contribution in [0.3, 0.4) is 0 Å². The minimum Gasteiger partial charge on any atom is -0.484 e. The molecular formula is C30H25N3O5S2. The molecule has 3 atom stereocenters. The fraction of sp³-hybridized carbons (Fsp3) is 0.200. The van der Waals surface area contributed by atoms with E-state index in [1.54, 1.807) is 30.3 Å². The summed E-state index contributed by atoms with van der Waals surface area (Å²) in [6.07, 6.45) is 0. The number of aryl methyl sites for hydroxylation is 2. The van der Waals surface area contributed by atoms with Crippen molar-refractivity contribution in [2.24, 2.45) is 5.92 Å². The molecule has 40 heavy (non-hydrogen) atoms. The summed E-state index contributed by atoms with van der Waals surface area (Å²) < 4.78 is 5.80. The first-order valence-electron chi connectivity index (χ1n) is 12.7. The Labute approximate surface area is 238 Å². The number of rotatable bonds is 6. The number of nitrogens with one attached hydrogen (secondary N) is 2. The molecule has 8 nitrogen and oxygen atoms in total. The second kappa shape index (κ2) is 10.4. The number of aromatic nitrogens is 1. The highest BCUT2D eigenvalue weighted by Gasteiger charge is 2.56. The lowest BCUT2D eigenvalue weighted by Crippen LogP contribution is -2.32. The molecule has 10 heteroatoms. The Balaban J connectivity index is 1.28. The van der Waals surface area contributed by atoms with E-state index >= 15 is 0 Å². The Morgan fingerprint density at radius 2 is 1.65 bits per heavy atom. The van der Waals surface area contributed by atoms with Gasteiger partial charge in [0.25, 0.3) is 5.91 Å². The first-order valence-corrected chi connectivity index (χ1v) is 14.4. The van der Waals surface area contributed by atoms with Crippen LogP contribution in [0.15, 0.2) is 82.6 Å². The number of fused-ring (bicyclic) bond motifs is 2. The molecule has 3 heterocycles. The van der Waals surface area contributed by atoms with Crippen molar-refractivity contribution < 1.29 is 19.1 Å². The molecule has 4 aromatic rings.